The zero-order valence-corrected chi connectivity index (χ0v) is 10.0. The average molecular weight is 234 g/mol. The van der Waals surface area contributed by atoms with Crippen molar-refractivity contribution in [3.8, 4) is 11.3 Å². The monoisotopic (exact) mass is 234 g/mol. The summed E-state index contributed by atoms with van der Waals surface area (Å²) >= 11 is 1.80. The van der Waals surface area contributed by atoms with Crippen LogP contribution in [0.15, 0.2) is 16.7 Å². The maximum Gasteiger partial charge on any atom is 0.113 e. The summed E-state index contributed by atoms with van der Waals surface area (Å²) in [6.07, 6.45) is 4.66. The molecule has 1 aliphatic rings. The first-order valence-corrected chi connectivity index (χ1v) is 6.36. The summed E-state index contributed by atoms with van der Waals surface area (Å²) in [6, 6.07) is 2.19. The lowest BCUT2D eigenvalue weighted by Gasteiger charge is -2.07. The molecule has 16 heavy (non-hydrogen) atoms. The molecule has 3 rings (SSSR count). The molecule has 2 aromatic rings. The van der Waals surface area contributed by atoms with E-state index < -0.39 is 0 Å². The number of fused-ring (bicyclic) bond motifs is 3. The van der Waals surface area contributed by atoms with Crippen LogP contribution in [0.5, 0.6) is 0 Å². The van der Waals surface area contributed by atoms with Crippen LogP contribution in [-0.4, -0.2) is 11.0 Å². The molecule has 0 fully saturated rings. The van der Waals surface area contributed by atoms with E-state index in [2.05, 4.69) is 4.98 Å². The van der Waals surface area contributed by atoms with E-state index in [1.807, 2.05) is 13.0 Å². The second-order valence-corrected chi connectivity index (χ2v) is 5.49. The Morgan fingerprint density at radius 3 is 3.25 bits per heavy atom. The Kier molecular flexibility index (Phi) is 2.33. The number of rotatable bonds is 2. The number of aromatic nitrogens is 1. The van der Waals surface area contributed by atoms with E-state index in [4.69, 9.17) is 10.2 Å². The summed E-state index contributed by atoms with van der Waals surface area (Å²) in [4.78, 5) is 6.06. The minimum Gasteiger partial charge on any atom is -0.469 e. The van der Waals surface area contributed by atoms with Gasteiger partial charge in [-0.1, -0.05) is 0 Å². The minimum atomic E-state index is 0.177. The van der Waals surface area contributed by atoms with Crippen molar-refractivity contribution in [2.75, 3.05) is 0 Å². The van der Waals surface area contributed by atoms with E-state index in [0.717, 1.165) is 35.7 Å². The van der Waals surface area contributed by atoms with Gasteiger partial charge in [-0.05, 0) is 19.4 Å². The van der Waals surface area contributed by atoms with Crippen molar-refractivity contribution in [1.82, 2.24) is 4.98 Å². The third-order valence-corrected chi connectivity index (χ3v) is 3.96. The Hall–Kier alpha value is -1.13. The number of nitrogens with two attached hydrogens (primary N) is 1. The molecule has 0 aromatic carbocycles. The molecule has 1 atom stereocenters. The van der Waals surface area contributed by atoms with Crippen LogP contribution in [0.4, 0.5) is 0 Å². The number of hydrogen-bond donors (Lipinski definition) is 1. The predicted octanol–water partition coefficient (Wildman–Crippen LogP) is 2.39. The largest absolute Gasteiger partial charge is 0.469 e. The summed E-state index contributed by atoms with van der Waals surface area (Å²) in [5, 5.41) is 1.15. The SMILES string of the molecule is CC(N)Cc1nc2c(s1)CCc1occc1-2. The molecule has 0 radical (unpaired) electrons. The Labute approximate surface area is 98.3 Å². The maximum absolute atomic E-state index is 5.81. The van der Waals surface area contributed by atoms with Gasteiger partial charge in [-0.15, -0.1) is 11.3 Å². The van der Waals surface area contributed by atoms with Gasteiger partial charge in [-0.3, -0.25) is 0 Å². The topological polar surface area (TPSA) is 52.0 Å². The fourth-order valence-electron chi connectivity index (χ4n) is 2.12. The molecule has 2 heterocycles. The van der Waals surface area contributed by atoms with E-state index in [-0.39, 0.29) is 6.04 Å². The van der Waals surface area contributed by atoms with Crippen LogP contribution >= 0.6 is 11.3 Å². The van der Waals surface area contributed by atoms with Gasteiger partial charge in [0.05, 0.1) is 17.0 Å². The summed E-state index contributed by atoms with van der Waals surface area (Å²) in [7, 11) is 0. The van der Waals surface area contributed by atoms with E-state index >= 15 is 0 Å². The molecular formula is C12H14N2OS. The Balaban J connectivity index is 2.02. The number of furan rings is 1. The molecule has 0 aliphatic heterocycles. The highest BCUT2D eigenvalue weighted by molar-refractivity contribution is 7.12. The predicted molar refractivity (Wildman–Crippen MR) is 64.6 cm³/mol. The molecule has 0 bridgehead atoms. The second kappa shape index (κ2) is 3.71. The number of hydrogen-bond acceptors (Lipinski definition) is 4. The standard InChI is InChI=1S/C12H14N2OS/c1-7(13)6-11-14-12-8-4-5-15-9(8)2-3-10(12)16-11/h4-5,7H,2-3,6,13H2,1H3. The van der Waals surface area contributed by atoms with Crippen LogP contribution in [-0.2, 0) is 19.3 Å². The lowest BCUT2D eigenvalue weighted by Crippen LogP contribution is -2.17. The van der Waals surface area contributed by atoms with Crippen LogP contribution in [0.25, 0.3) is 11.3 Å². The van der Waals surface area contributed by atoms with E-state index in [1.54, 1.807) is 17.6 Å². The zero-order chi connectivity index (χ0) is 11.1. The van der Waals surface area contributed by atoms with Gasteiger partial charge in [0.1, 0.15) is 5.76 Å². The first-order valence-electron chi connectivity index (χ1n) is 5.55. The fourth-order valence-corrected chi connectivity index (χ4v) is 3.34. The molecule has 2 N–H and O–H groups in total. The van der Waals surface area contributed by atoms with Crippen molar-refractivity contribution in [1.29, 1.82) is 0 Å². The fraction of sp³-hybridized carbons (Fsp3) is 0.417. The van der Waals surface area contributed by atoms with Crippen molar-refractivity contribution < 1.29 is 4.42 Å². The first kappa shape index (κ1) is 10.1. The van der Waals surface area contributed by atoms with Crippen molar-refractivity contribution in [2.24, 2.45) is 5.73 Å². The van der Waals surface area contributed by atoms with Crippen LogP contribution in [0.2, 0.25) is 0 Å². The van der Waals surface area contributed by atoms with Gasteiger partial charge in [0, 0.05) is 29.3 Å². The molecule has 2 aromatic heterocycles. The van der Waals surface area contributed by atoms with Crippen molar-refractivity contribution in [2.45, 2.75) is 32.2 Å². The highest BCUT2D eigenvalue weighted by Crippen LogP contribution is 2.36. The van der Waals surface area contributed by atoms with Crippen LogP contribution in [0.3, 0.4) is 0 Å². The molecule has 3 nitrogen and oxygen atoms in total. The van der Waals surface area contributed by atoms with Gasteiger partial charge in [-0.25, -0.2) is 4.98 Å². The van der Waals surface area contributed by atoms with Gasteiger partial charge in [0.25, 0.3) is 0 Å². The van der Waals surface area contributed by atoms with E-state index in [9.17, 15) is 0 Å². The zero-order valence-electron chi connectivity index (χ0n) is 9.19. The van der Waals surface area contributed by atoms with Gasteiger partial charge in [0.2, 0.25) is 0 Å². The van der Waals surface area contributed by atoms with Crippen molar-refractivity contribution in [3.05, 3.63) is 28.0 Å². The van der Waals surface area contributed by atoms with Crippen LogP contribution < -0.4 is 5.73 Å². The van der Waals surface area contributed by atoms with Crippen LogP contribution in [0, 0.1) is 0 Å². The molecule has 0 saturated heterocycles. The molecule has 0 saturated carbocycles. The number of thiazole rings is 1. The Bertz CT molecular complexity index is 513. The van der Waals surface area contributed by atoms with E-state index in [0.29, 0.717) is 0 Å². The van der Waals surface area contributed by atoms with E-state index in [1.165, 1.54) is 10.4 Å². The quantitative estimate of drug-likeness (QED) is 0.868. The third kappa shape index (κ3) is 1.58. The molecule has 1 unspecified atom stereocenters. The maximum atomic E-state index is 5.81. The Morgan fingerprint density at radius 2 is 2.44 bits per heavy atom. The third-order valence-electron chi connectivity index (χ3n) is 2.82. The lowest BCUT2D eigenvalue weighted by molar-refractivity contribution is 0.508. The van der Waals surface area contributed by atoms with Crippen molar-refractivity contribution >= 4 is 11.3 Å². The number of nitrogens with zero attached hydrogens (tertiary/aromatic N) is 1. The first-order chi connectivity index (χ1) is 7.74. The normalized spacial score (nSPS) is 15.6. The van der Waals surface area contributed by atoms with Crippen LogP contribution in [0.1, 0.15) is 22.6 Å². The van der Waals surface area contributed by atoms with Gasteiger partial charge in [-0.2, -0.15) is 0 Å². The Morgan fingerprint density at radius 1 is 1.56 bits per heavy atom. The molecular weight excluding hydrogens is 220 g/mol. The van der Waals surface area contributed by atoms with Crippen molar-refractivity contribution in [3.63, 3.8) is 0 Å². The van der Waals surface area contributed by atoms with Gasteiger partial charge >= 0.3 is 0 Å². The second-order valence-electron chi connectivity index (χ2n) is 4.32. The van der Waals surface area contributed by atoms with Gasteiger partial charge in [0.15, 0.2) is 0 Å². The number of aryl methyl sites for hydroxylation is 2. The molecule has 0 amide bonds. The minimum absolute atomic E-state index is 0.177. The molecule has 84 valence electrons. The molecule has 4 heteroatoms. The smallest absolute Gasteiger partial charge is 0.113 e. The summed E-state index contributed by atoms with van der Waals surface area (Å²) in [5.74, 6) is 1.07. The van der Waals surface area contributed by atoms with Gasteiger partial charge < -0.3 is 10.2 Å². The molecule has 0 spiro atoms. The highest BCUT2D eigenvalue weighted by atomic mass is 32.1. The highest BCUT2D eigenvalue weighted by Gasteiger charge is 2.22. The summed E-state index contributed by atoms with van der Waals surface area (Å²) in [5.41, 5.74) is 8.10. The lowest BCUT2D eigenvalue weighted by atomic mass is 10.0. The summed E-state index contributed by atoms with van der Waals surface area (Å²) < 4.78 is 5.44. The summed E-state index contributed by atoms with van der Waals surface area (Å²) in [6.45, 7) is 2.02. The molecule has 1 aliphatic carbocycles. The average Bonchev–Trinajstić information content (AvgIpc) is 2.78.